The predicted octanol–water partition coefficient (Wildman–Crippen LogP) is 3.22. The van der Waals surface area contributed by atoms with Gasteiger partial charge in [-0.2, -0.15) is 4.98 Å². The normalized spacial score (nSPS) is 21.7. The van der Waals surface area contributed by atoms with Gasteiger partial charge in [0.1, 0.15) is 0 Å². The van der Waals surface area contributed by atoms with Gasteiger partial charge in [0.05, 0.1) is 0 Å². The fourth-order valence-corrected chi connectivity index (χ4v) is 2.69. The average molecular weight is 308 g/mol. The van der Waals surface area contributed by atoms with Gasteiger partial charge in [0.2, 0.25) is 5.89 Å². The largest absolute Gasteiger partial charge is 0.339 e. The molecule has 0 radical (unpaired) electrons. The third kappa shape index (κ3) is 3.44. The summed E-state index contributed by atoms with van der Waals surface area (Å²) >= 11 is 0. The van der Waals surface area contributed by atoms with Crippen molar-refractivity contribution < 1.29 is 4.52 Å². The number of aryl methyl sites for hydroxylation is 1. The Bertz CT molecular complexity index is 599. The second-order valence-corrected chi connectivity index (χ2v) is 5.75. The second-order valence-electron chi connectivity index (χ2n) is 5.75. The maximum absolute atomic E-state index is 5.44. The number of likely N-dealkylation sites (N-methyl/N-ethyl adjacent to an activating group) is 1. The summed E-state index contributed by atoms with van der Waals surface area (Å²) in [6.45, 7) is 4.28. The molecule has 114 valence electrons. The summed E-state index contributed by atoms with van der Waals surface area (Å²) in [5.41, 5.74) is 2.77. The first-order valence-corrected chi connectivity index (χ1v) is 7.24. The van der Waals surface area contributed by atoms with Crippen molar-refractivity contribution in [3.05, 3.63) is 47.1 Å². The summed E-state index contributed by atoms with van der Waals surface area (Å²) in [5.74, 6) is 2.56. The maximum atomic E-state index is 5.44. The standard InChI is InChI=1S/C16H21N3O.ClH/c1-10-6-4-5-7-12(10)13-9-14(13)16-18-15(19-20-16)8-11(2)17-3;/h4-7,11,13-14,17H,8-9H2,1-3H3;1H. The van der Waals surface area contributed by atoms with Crippen LogP contribution in [0.5, 0.6) is 0 Å². The van der Waals surface area contributed by atoms with E-state index in [1.54, 1.807) is 0 Å². The number of nitrogens with zero attached hydrogens (tertiary/aromatic N) is 2. The minimum absolute atomic E-state index is 0. The Hall–Kier alpha value is -1.39. The summed E-state index contributed by atoms with van der Waals surface area (Å²) < 4.78 is 5.44. The van der Waals surface area contributed by atoms with Gasteiger partial charge in [-0.15, -0.1) is 12.4 Å². The molecule has 1 aromatic heterocycles. The smallest absolute Gasteiger partial charge is 0.230 e. The van der Waals surface area contributed by atoms with Crippen LogP contribution in [0.15, 0.2) is 28.8 Å². The van der Waals surface area contributed by atoms with Gasteiger partial charge in [-0.25, -0.2) is 0 Å². The molecule has 0 saturated heterocycles. The van der Waals surface area contributed by atoms with E-state index in [9.17, 15) is 0 Å². The van der Waals surface area contributed by atoms with E-state index in [1.807, 2.05) is 7.05 Å². The lowest BCUT2D eigenvalue weighted by molar-refractivity contribution is 0.371. The molecule has 1 aliphatic carbocycles. The lowest BCUT2D eigenvalue weighted by Crippen LogP contribution is -2.24. The first-order chi connectivity index (χ1) is 9.69. The summed E-state index contributed by atoms with van der Waals surface area (Å²) in [6.07, 6.45) is 1.93. The third-order valence-electron chi connectivity index (χ3n) is 4.16. The maximum Gasteiger partial charge on any atom is 0.230 e. The molecule has 3 atom stereocenters. The van der Waals surface area contributed by atoms with E-state index >= 15 is 0 Å². The van der Waals surface area contributed by atoms with Crippen LogP contribution in [0.25, 0.3) is 0 Å². The summed E-state index contributed by atoms with van der Waals surface area (Å²) in [5, 5.41) is 7.28. The van der Waals surface area contributed by atoms with E-state index in [-0.39, 0.29) is 12.4 Å². The second kappa shape index (κ2) is 6.58. The zero-order valence-corrected chi connectivity index (χ0v) is 13.5. The minimum Gasteiger partial charge on any atom is -0.339 e. The number of hydrogen-bond acceptors (Lipinski definition) is 4. The Morgan fingerprint density at radius 2 is 2.10 bits per heavy atom. The van der Waals surface area contributed by atoms with Crippen LogP contribution in [0.2, 0.25) is 0 Å². The van der Waals surface area contributed by atoms with Crippen LogP contribution in [-0.2, 0) is 6.42 Å². The van der Waals surface area contributed by atoms with Gasteiger partial charge in [-0.3, -0.25) is 0 Å². The molecule has 1 heterocycles. The quantitative estimate of drug-likeness (QED) is 0.921. The van der Waals surface area contributed by atoms with E-state index in [4.69, 9.17) is 4.52 Å². The van der Waals surface area contributed by atoms with Crippen LogP contribution in [0, 0.1) is 6.92 Å². The van der Waals surface area contributed by atoms with Crippen LogP contribution in [0.1, 0.15) is 48.0 Å². The highest BCUT2D eigenvalue weighted by Crippen LogP contribution is 2.54. The number of hydrogen-bond donors (Lipinski definition) is 1. The highest BCUT2D eigenvalue weighted by atomic mass is 35.5. The van der Waals surface area contributed by atoms with Gasteiger partial charge in [0.15, 0.2) is 5.82 Å². The van der Waals surface area contributed by atoms with Crippen molar-refractivity contribution in [1.82, 2.24) is 15.5 Å². The van der Waals surface area contributed by atoms with Crippen molar-refractivity contribution in [3.63, 3.8) is 0 Å². The van der Waals surface area contributed by atoms with Gasteiger partial charge < -0.3 is 9.84 Å². The molecule has 0 bridgehead atoms. The Morgan fingerprint density at radius 1 is 1.33 bits per heavy atom. The highest BCUT2D eigenvalue weighted by Gasteiger charge is 2.44. The number of nitrogens with one attached hydrogen (secondary N) is 1. The number of benzene rings is 1. The van der Waals surface area contributed by atoms with Crippen LogP contribution in [-0.4, -0.2) is 23.2 Å². The van der Waals surface area contributed by atoms with E-state index in [1.165, 1.54) is 11.1 Å². The average Bonchev–Trinajstić information content (AvgIpc) is 3.11. The van der Waals surface area contributed by atoms with Crippen molar-refractivity contribution in [1.29, 1.82) is 0 Å². The first-order valence-electron chi connectivity index (χ1n) is 7.24. The Labute approximate surface area is 131 Å². The third-order valence-corrected chi connectivity index (χ3v) is 4.16. The van der Waals surface area contributed by atoms with Crippen molar-refractivity contribution in [3.8, 4) is 0 Å². The molecule has 0 spiro atoms. The number of rotatable bonds is 5. The fraction of sp³-hybridized carbons (Fsp3) is 0.500. The van der Waals surface area contributed by atoms with Gasteiger partial charge in [-0.1, -0.05) is 29.4 Å². The molecule has 1 fully saturated rings. The fourth-order valence-electron chi connectivity index (χ4n) is 2.69. The molecule has 1 aromatic carbocycles. The monoisotopic (exact) mass is 307 g/mol. The van der Waals surface area contributed by atoms with Gasteiger partial charge in [0, 0.05) is 18.4 Å². The molecule has 1 N–H and O–H groups in total. The number of halogens is 1. The summed E-state index contributed by atoms with van der Waals surface area (Å²) in [6, 6.07) is 8.93. The number of aromatic nitrogens is 2. The van der Waals surface area contributed by atoms with Gasteiger partial charge in [0.25, 0.3) is 0 Å². The molecule has 2 aromatic rings. The van der Waals surface area contributed by atoms with Gasteiger partial charge in [-0.05, 0) is 44.4 Å². The van der Waals surface area contributed by atoms with Crippen LogP contribution < -0.4 is 5.32 Å². The van der Waals surface area contributed by atoms with Crippen LogP contribution >= 0.6 is 12.4 Å². The molecule has 3 rings (SSSR count). The van der Waals surface area contributed by atoms with Crippen LogP contribution in [0.4, 0.5) is 0 Å². The Balaban J connectivity index is 0.00000161. The van der Waals surface area contributed by atoms with Crippen molar-refractivity contribution >= 4 is 12.4 Å². The van der Waals surface area contributed by atoms with Crippen LogP contribution in [0.3, 0.4) is 0 Å². The highest BCUT2D eigenvalue weighted by molar-refractivity contribution is 5.85. The molecule has 0 aliphatic heterocycles. The van der Waals surface area contributed by atoms with Gasteiger partial charge >= 0.3 is 0 Å². The molecule has 1 saturated carbocycles. The molecule has 3 unspecified atom stereocenters. The zero-order chi connectivity index (χ0) is 14.1. The summed E-state index contributed by atoms with van der Waals surface area (Å²) in [4.78, 5) is 4.55. The van der Waals surface area contributed by atoms with Crippen molar-refractivity contribution in [2.24, 2.45) is 0 Å². The molecule has 0 amide bonds. The Kier molecular flexibility index (Phi) is 5.01. The van der Waals surface area contributed by atoms with Crippen molar-refractivity contribution in [2.75, 3.05) is 7.05 Å². The zero-order valence-electron chi connectivity index (χ0n) is 12.7. The molecule has 5 heteroatoms. The summed E-state index contributed by atoms with van der Waals surface area (Å²) in [7, 11) is 1.95. The lowest BCUT2D eigenvalue weighted by Gasteiger charge is -2.04. The Morgan fingerprint density at radius 3 is 2.81 bits per heavy atom. The van der Waals surface area contributed by atoms with E-state index in [2.05, 4.69) is 53.6 Å². The molecule has 21 heavy (non-hydrogen) atoms. The van der Waals surface area contributed by atoms with E-state index < -0.39 is 0 Å². The SMILES string of the molecule is CNC(C)Cc1noc(C2CC2c2ccccc2C)n1.Cl. The lowest BCUT2D eigenvalue weighted by atomic mass is 10.0. The molecule has 1 aliphatic rings. The topological polar surface area (TPSA) is 51.0 Å². The first kappa shape index (κ1) is 16.0. The minimum atomic E-state index is 0. The van der Waals surface area contributed by atoms with E-state index in [0.29, 0.717) is 17.9 Å². The predicted molar refractivity (Wildman–Crippen MR) is 85.0 cm³/mol. The molecular weight excluding hydrogens is 286 g/mol. The molecular formula is C16H22ClN3O. The van der Waals surface area contributed by atoms with Crippen molar-refractivity contribution in [2.45, 2.75) is 44.6 Å². The molecule has 4 nitrogen and oxygen atoms in total. The van der Waals surface area contributed by atoms with E-state index in [0.717, 1.165) is 24.6 Å².